The van der Waals surface area contributed by atoms with E-state index in [0.29, 0.717) is 11.1 Å². The van der Waals surface area contributed by atoms with Crippen LogP contribution >= 0.6 is 0 Å². The van der Waals surface area contributed by atoms with Crippen LogP contribution in [0.1, 0.15) is 26.3 Å². The number of carbonyl (C=O) groups is 2. The fourth-order valence-corrected chi connectivity index (χ4v) is 2.73. The van der Waals surface area contributed by atoms with Crippen molar-refractivity contribution in [2.45, 2.75) is 6.92 Å². The third-order valence-electron chi connectivity index (χ3n) is 4.44. The lowest BCUT2D eigenvalue weighted by Gasteiger charge is -2.13. The average molecular weight is 373 g/mol. The number of anilines is 3. The molecule has 0 radical (unpaired) electrons. The van der Waals surface area contributed by atoms with Gasteiger partial charge in [-0.1, -0.05) is 18.2 Å². The molecule has 0 aliphatic carbocycles. The van der Waals surface area contributed by atoms with Crippen LogP contribution < -0.4 is 15.5 Å². The van der Waals surface area contributed by atoms with E-state index in [4.69, 9.17) is 0 Å². The first-order valence-corrected chi connectivity index (χ1v) is 9.00. The molecule has 3 rings (SSSR count). The van der Waals surface area contributed by atoms with Gasteiger partial charge in [0.2, 0.25) is 0 Å². The van der Waals surface area contributed by atoms with Crippen molar-refractivity contribution >= 4 is 28.9 Å². The fourth-order valence-electron chi connectivity index (χ4n) is 2.73. The number of rotatable bonds is 5. The molecule has 3 aromatic carbocycles. The Hall–Kier alpha value is -3.60. The number of para-hydroxylation sites is 1. The highest BCUT2D eigenvalue weighted by Crippen LogP contribution is 2.18. The van der Waals surface area contributed by atoms with E-state index in [-0.39, 0.29) is 11.8 Å². The van der Waals surface area contributed by atoms with Crippen LogP contribution in [0.15, 0.2) is 72.8 Å². The quantitative estimate of drug-likeness (QED) is 0.689. The van der Waals surface area contributed by atoms with Crippen LogP contribution in [0.2, 0.25) is 0 Å². The molecule has 5 heteroatoms. The molecule has 0 aromatic heterocycles. The zero-order valence-corrected chi connectivity index (χ0v) is 16.2. The van der Waals surface area contributed by atoms with Gasteiger partial charge < -0.3 is 15.5 Å². The Labute approximate surface area is 165 Å². The molecule has 5 nitrogen and oxygen atoms in total. The highest BCUT2D eigenvalue weighted by molar-refractivity contribution is 6.07. The highest BCUT2D eigenvalue weighted by Gasteiger charge is 2.10. The van der Waals surface area contributed by atoms with Gasteiger partial charge in [-0.15, -0.1) is 0 Å². The topological polar surface area (TPSA) is 61.4 Å². The number of nitrogens with zero attached hydrogens (tertiary/aromatic N) is 1. The molecular weight excluding hydrogens is 350 g/mol. The van der Waals surface area contributed by atoms with Crippen LogP contribution in [-0.4, -0.2) is 25.9 Å². The molecule has 0 bridgehead atoms. The maximum Gasteiger partial charge on any atom is 0.255 e. The smallest absolute Gasteiger partial charge is 0.255 e. The van der Waals surface area contributed by atoms with E-state index in [1.165, 1.54) is 0 Å². The van der Waals surface area contributed by atoms with Gasteiger partial charge in [-0.25, -0.2) is 0 Å². The van der Waals surface area contributed by atoms with Crippen molar-refractivity contribution < 1.29 is 9.59 Å². The van der Waals surface area contributed by atoms with Gasteiger partial charge in [-0.05, 0) is 67.1 Å². The van der Waals surface area contributed by atoms with Crippen LogP contribution in [0.25, 0.3) is 0 Å². The first kappa shape index (κ1) is 19.2. The molecule has 0 saturated heterocycles. The predicted molar refractivity (Wildman–Crippen MR) is 114 cm³/mol. The van der Waals surface area contributed by atoms with Gasteiger partial charge in [0, 0.05) is 42.3 Å². The van der Waals surface area contributed by atoms with Crippen LogP contribution in [0.3, 0.4) is 0 Å². The average Bonchev–Trinajstić information content (AvgIpc) is 2.70. The molecule has 0 unspecified atom stereocenters. The molecule has 0 aliphatic heterocycles. The summed E-state index contributed by atoms with van der Waals surface area (Å²) in [6.07, 6.45) is 0. The Balaban J connectivity index is 1.65. The number of amides is 2. The lowest BCUT2D eigenvalue weighted by molar-refractivity contribution is 0.101. The van der Waals surface area contributed by atoms with Crippen LogP contribution in [0, 0.1) is 6.92 Å². The third kappa shape index (κ3) is 4.57. The molecule has 0 fully saturated rings. The monoisotopic (exact) mass is 373 g/mol. The van der Waals surface area contributed by atoms with Crippen molar-refractivity contribution in [1.29, 1.82) is 0 Å². The summed E-state index contributed by atoms with van der Waals surface area (Å²) >= 11 is 0. The second-order valence-corrected chi connectivity index (χ2v) is 6.74. The van der Waals surface area contributed by atoms with Crippen LogP contribution in [0.5, 0.6) is 0 Å². The van der Waals surface area contributed by atoms with Crippen molar-refractivity contribution in [3.05, 3.63) is 89.5 Å². The maximum absolute atomic E-state index is 12.4. The van der Waals surface area contributed by atoms with E-state index >= 15 is 0 Å². The standard InChI is InChI=1S/C23H23N3O2/c1-16-6-4-5-7-21(16)25-23(28)18-10-8-17(9-11-18)22(27)24-19-12-14-20(15-13-19)26(2)3/h4-15H,1-3H3,(H,24,27)(H,25,28). The maximum atomic E-state index is 12.4. The summed E-state index contributed by atoms with van der Waals surface area (Å²) < 4.78 is 0. The van der Waals surface area contributed by atoms with Crippen LogP contribution in [0.4, 0.5) is 17.1 Å². The first-order chi connectivity index (χ1) is 13.4. The number of nitrogens with one attached hydrogen (secondary N) is 2. The molecule has 2 N–H and O–H groups in total. The van der Waals surface area contributed by atoms with Gasteiger partial charge >= 0.3 is 0 Å². The van der Waals surface area contributed by atoms with Gasteiger partial charge in [0.15, 0.2) is 0 Å². The summed E-state index contributed by atoms with van der Waals surface area (Å²) in [6.45, 7) is 1.94. The summed E-state index contributed by atoms with van der Waals surface area (Å²) in [5, 5.41) is 5.75. The van der Waals surface area contributed by atoms with Gasteiger partial charge in [0.1, 0.15) is 0 Å². The van der Waals surface area contributed by atoms with Crippen molar-refractivity contribution in [2.75, 3.05) is 29.6 Å². The largest absolute Gasteiger partial charge is 0.378 e. The molecule has 0 aliphatic rings. The zero-order valence-electron chi connectivity index (χ0n) is 16.2. The van der Waals surface area contributed by atoms with Crippen molar-refractivity contribution in [2.24, 2.45) is 0 Å². The minimum Gasteiger partial charge on any atom is -0.378 e. The molecule has 0 saturated carbocycles. The Morgan fingerprint density at radius 1 is 0.714 bits per heavy atom. The molecule has 2 amide bonds. The lowest BCUT2D eigenvalue weighted by Crippen LogP contribution is -2.15. The predicted octanol–water partition coefficient (Wildman–Crippen LogP) is 4.57. The minimum absolute atomic E-state index is 0.208. The van der Waals surface area contributed by atoms with E-state index in [9.17, 15) is 9.59 Å². The molecule has 3 aromatic rings. The molecule has 0 heterocycles. The van der Waals surface area contributed by atoms with Gasteiger partial charge in [0.25, 0.3) is 11.8 Å². The van der Waals surface area contributed by atoms with Crippen molar-refractivity contribution in [3.63, 3.8) is 0 Å². The van der Waals surface area contributed by atoms with E-state index in [1.807, 2.05) is 74.4 Å². The van der Waals surface area contributed by atoms with Gasteiger partial charge in [-0.2, -0.15) is 0 Å². The number of carbonyl (C=O) groups excluding carboxylic acids is 2. The van der Waals surface area contributed by atoms with Crippen molar-refractivity contribution in [3.8, 4) is 0 Å². The Kier molecular flexibility index (Phi) is 5.75. The zero-order chi connectivity index (χ0) is 20.1. The summed E-state index contributed by atoms with van der Waals surface area (Å²) in [5.74, 6) is -0.427. The third-order valence-corrected chi connectivity index (χ3v) is 4.44. The second kappa shape index (κ2) is 8.39. The van der Waals surface area contributed by atoms with Crippen molar-refractivity contribution in [1.82, 2.24) is 0 Å². The van der Waals surface area contributed by atoms with E-state index in [1.54, 1.807) is 24.3 Å². The van der Waals surface area contributed by atoms with Gasteiger partial charge in [0.05, 0.1) is 0 Å². The normalized spacial score (nSPS) is 10.2. The Bertz CT molecular complexity index is 977. The number of hydrogen-bond donors (Lipinski definition) is 2. The SMILES string of the molecule is Cc1ccccc1NC(=O)c1ccc(C(=O)Nc2ccc(N(C)C)cc2)cc1. The number of aryl methyl sites for hydroxylation is 1. The van der Waals surface area contributed by atoms with Crippen LogP contribution in [-0.2, 0) is 0 Å². The summed E-state index contributed by atoms with van der Waals surface area (Å²) in [7, 11) is 3.93. The minimum atomic E-state index is -0.219. The molecule has 28 heavy (non-hydrogen) atoms. The lowest BCUT2D eigenvalue weighted by atomic mass is 10.1. The molecule has 0 atom stereocenters. The fraction of sp³-hybridized carbons (Fsp3) is 0.130. The van der Waals surface area contributed by atoms with E-state index in [0.717, 1.165) is 22.6 Å². The Morgan fingerprint density at radius 2 is 1.25 bits per heavy atom. The summed E-state index contributed by atoms with van der Waals surface area (Å²) in [6, 6.07) is 21.8. The summed E-state index contributed by atoms with van der Waals surface area (Å²) in [5.41, 5.74) is 4.53. The molecule has 142 valence electrons. The number of benzene rings is 3. The van der Waals surface area contributed by atoms with Gasteiger partial charge in [-0.3, -0.25) is 9.59 Å². The van der Waals surface area contributed by atoms with E-state index in [2.05, 4.69) is 10.6 Å². The molecular formula is C23H23N3O2. The highest BCUT2D eigenvalue weighted by atomic mass is 16.2. The van der Waals surface area contributed by atoms with E-state index < -0.39 is 0 Å². The Morgan fingerprint density at radius 3 is 1.79 bits per heavy atom. The number of hydrogen-bond acceptors (Lipinski definition) is 3. The second-order valence-electron chi connectivity index (χ2n) is 6.74. The summed E-state index contributed by atoms with van der Waals surface area (Å²) in [4.78, 5) is 26.8. The molecule has 0 spiro atoms. The first-order valence-electron chi connectivity index (χ1n) is 9.00.